The van der Waals surface area contributed by atoms with Gasteiger partial charge in [-0.1, -0.05) is 25.1 Å². The van der Waals surface area contributed by atoms with Crippen molar-refractivity contribution in [1.29, 1.82) is 0 Å². The lowest BCUT2D eigenvalue weighted by atomic mass is 10.0. The smallest absolute Gasteiger partial charge is 0.0572 e. The number of nitrogens with one attached hydrogen (secondary N) is 1. The highest BCUT2D eigenvalue weighted by atomic mass is 16.6. The van der Waals surface area contributed by atoms with Crippen molar-refractivity contribution in [2.24, 2.45) is 0 Å². The third-order valence-corrected chi connectivity index (χ3v) is 3.01. The van der Waals surface area contributed by atoms with E-state index in [1.54, 1.807) is 7.11 Å². The third-order valence-electron chi connectivity index (χ3n) is 3.01. The van der Waals surface area contributed by atoms with E-state index in [0.29, 0.717) is 0 Å². The number of hydroxylamine groups is 1. The summed E-state index contributed by atoms with van der Waals surface area (Å²) in [6.45, 7) is 3.09. The molecule has 0 saturated heterocycles. The quantitative estimate of drug-likeness (QED) is 0.741. The molecule has 0 saturated carbocycles. The summed E-state index contributed by atoms with van der Waals surface area (Å²) in [5, 5.41) is 0. The Morgan fingerprint density at radius 2 is 2.36 bits per heavy atom. The van der Waals surface area contributed by atoms with E-state index < -0.39 is 0 Å². The Morgan fingerprint density at radius 3 is 3.14 bits per heavy atom. The van der Waals surface area contributed by atoms with Crippen molar-refractivity contribution in [3.63, 3.8) is 0 Å². The molecule has 0 aliphatic heterocycles. The fraction of sp³-hybridized carbons (Fsp3) is 0.500. The summed E-state index contributed by atoms with van der Waals surface area (Å²) in [6.07, 6.45) is 2.55. The maximum Gasteiger partial charge on any atom is 0.0572 e. The molecular weight excluding hydrogens is 174 g/mol. The first-order chi connectivity index (χ1) is 6.81. The van der Waals surface area contributed by atoms with Gasteiger partial charge in [-0.2, -0.15) is 5.48 Å². The molecule has 0 heterocycles. The normalized spacial score (nSPS) is 19.7. The van der Waals surface area contributed by atoms with Gasteiger partial charge >= 0.3 is 0 Å². The molecule has 1 aromatic rings. The Kier molecular flexibility index (Phi) is 2.85. The monoisotopic (exact) mass is 191 g/mol. The molecule has 76 valence electrons. The molecule has 1 N–H and O–H groups in total. The second-order valence-corrected chi connectivity index (χ2v) is 4.00. The standard InChI is InChI=1S/C12H17NO/c1-9-3-5-11-6-4-10(7-12(9)11)8-13-14-2/h4,6-7,9,13H,3,5,8H2,1-2H3. The molecule has 0 amide bonds. The summed E-state index contributed by atoms with van der Waals surface area (Å²) in [7, 11) is 1.65. The highest BCUT2D eigenvalue weighted by Gasteiger charge is 2.18. The minimum atomic E-state index is 0.729. The number of hydrogen-bond acceptors (Lipinski definition) is 2. The summed E-state index contributed by atoms with van der Waals surface area (Å²) in [4.78, 5) is 4.84. The van der Waals surface area contributed by atoms with Crippen LogP contribution in [0.4, 0.5) is 0 Å². The fourth-order valence-corrected chi connectivity index (χ4v) is 2.12. The van der Waals surface area contributed by atoms with E-state index in [9.17, 15) is 0 Å². The molecule has 2 rings (SSSR count). The Labute approximate surface area is 85.2 Å². The molecule has 1 unspecified atom stereocenters. The number of aryl methyl sites for hydroxylation is 1. The van der Waals surface area contributed by atoms with Crippen molar-refractivity contribution in [3.05, 3.63) is 34.9 Å². The van der Waals surface area contributed by atoms with Gasteiger partial charge in [0.1, 0.15) is 0 Å². The van der Waals surface area contributed by atoms with Crippen LogP contribution in [0.2, 0.25) is 0 Å². The number of rotatable bonds is 3. The van der Waals surface area contributed by atoms with Crippen LogP contribution in [0, 0.1) is 0 Å². The summed E-state index contributed by atoms with van der Waals surface area (Å²) in [5.41, 5.74) is 7.23. The van der Waals surface area contributed by atoms with Gasteiger partial charge in [-0.25, -0.2) is 0 Å². The van der Waals surface area contributed by atoms with Gasteiger partial charge in [0.25, 0.3) is 0 Å². The van der Waals surface area contributed by atoms with Gasteiger partial charge in [0.2, 0.25) is 0 Å². The Balaban J connectivity index is 2.17. The average molecular weight is 191 g/mol. The van der Waals surface area contributed by atoms with Gasteiger partial charge in [-0.05, 0) is 35.4 Å². The molecule has 2 heteroatoms. The zero-order valence-electron chi connectivity index (χ0n) is 8.84. The minimum absolute atomic E-state index is 0.729. The zero-order valence-corrected chi connectivity index (χ0v) is 8.84. The van der Waals surface area contributed by atoms with Crippen LogP contribution in [-0.2, 0) is 17.8 Å². The van der Waals surface area contributed by atoms with Crippen LogP contribution in [-0.4, -0.2) is 7.11 Å². The molecule has 0 aromatic heterocycles. The minimum Gasteiger partial charge on any atom is -0.305 e. The van der Waals surface area contributed by atoms with Crippen molar-refractivity contribution < 1.29 is 4.84 Å². The molecule has 0 fully saturated rings. The van der Waals surface area contributed by atoms with Gasteiger partial charge in [0, 0.05) is 6.54 Å². The summed E-state index contributed by atoms with van der Waals surface area (Å²) < 4.78 is 0. The van der Waals surface area contributed by atoms with E-state index in [2.05, 4.69) is 30.6 Å². The lowest BCUT2D eigenvalue weighted by molar-refractivity contribution is 0.0867. The van der Waals surface area contributed by atoms with E-state index in [-0.39, 0.29) is 0 Å². The van der Waals surface area contributed by atoms with E-state index in [1.807, 2.05) is 0 Å². The molecule has 0 spiro atoms. The highest BCUT2D eigenvalue weighted by molar-refractivity contribution is 5.37. The maximum absolute atomic E-state index is 4.84. The predicted molar refractivity (Wildman–Crippen MR) is 57.0 cm³/mol. The molecule has 14 heavy (non-hydrogen) atoms. The molecule has 0 radical (unpaired) electrons. The first-order valence-electron chi connectivity index (χ1n) is 5.19. The largest absolute Gasteiger partial charge is 0.305 e. The molecule has 0 bridgehead atoms. The molecular formula is C12H17NO. The van der Waals surface area contributed by atoms with Crippen molar-refractivity contribution in [1.82, 2.24) is 5.48 Å². The lowest BCUT2D eigenvalue weighted by Gasteiger charge is -2.08. The number of fused-ring (bicyclic) bond motifs is 1. The van der Waals surface area contributed by atoms with E-state index in [1.165, 1.54) is 29.5 Å². The Bertz CT molecular complexity index is 322. The van der Waals surface area contributed by atoms with E-state index in [4.69, 9.17) is 4.84 Å². The van der Waals surface area contributed by atoms with Gasteiger partial charge in [0.05, 0.1) is 7.11 Å². The van der Waals surface area contributed by atoms with Crippen LogP contribution in [0.1, 0.15) is 36.0 Å². The van der Waals surface area contributed by atoms with Crippen molar-refractivity contribution in [2.45, 2.75) is 32.2 Å². The van der Waals surface area contributed by atoms with Gasteiger partial charge in [-0.3, -0.25) is 0 Å². The summed E-state index contributed by atoms with van der Waals surface area (Å²) in [6, 6.07) is 6.74. The topological polar surface area (TPSA) is 21.3 Å². The molecule has 2 nitrogen and oxygen atoms in total. The van der Waals surface area contributed by atoms with Crippen molar-refractivity contribution in [3.8, 4) is 0 Å². The van der Waals surface area contributed by atoms with Gasteiger partial charge < -0.3 is 4.84 Å². The van der Waals surface area contributed by atoms with Crippen LogP contribution >= 0.6 is 0 Å². The highest BCUT2D eigenvalue weighted by Crippen LogP contribution is 2.32. The molecule has 1 aliphatic carbocycles. The number of benzene rings is 1. The Hall–Kier alpha value is -0.860. The van der Waals surface area contributed by atoms with E-state index in [0.717, 1.165) is 12.5 Å². The zero-order chi connectivity index (χ0) is 9.97. The summed E-state index contributed by atoms with van der Waals surface area (Å²) in [5.74, 6) is 0.729. The second kappa shape index (κ2) is 4.11. The fourth-order valence-electron chi connectivity index (χ4n) is 2.12. The van der Waals surface area contributed by atoms with Crippen LogP contribution < -0.4 is 5.48 Å². The van der Waals surface area contributed by atoms with Gasteiger partial charge in [-0.15, -0.1) is 0 Å². The molecule has 1 aromatic carbocycles. The first-order valence-corrected chi connectivity index (χ1v) is 5.19. The predicted octanol–water partition coefficient (Wildman–Crippen LogP) is 2.39. The van der Waals surface area contributed by atoms with Gasteiger partial charge in [0.15, 0.2) is 0 Å². The Morgan fingerprint density at radius 1 is 1.50 bits per heavy atom. The number of hydrogen-bond donors (Lipinski definition) is 1. The average Bonchev–Trinajstić information content (AvgIpc) is 2.57. The van der Waals surface area contributed by atoms with E-state index >= 15 is 0 Å². The SMILES string of the molecule is CONCc1ccc2c(c1)C(C)CC2. The molecule has 1 aliphatic rings. The first kappa shape index (κ1) is 9.69. The third kappa shape index (κ3) is 1.81. The van der Waals surface area contributed by atoms with Crippen LogP contribution in [0.25, 0.3) is 0 Å². The van der Waals surface area contributed by atoms with Crippen molar-refractivity contribution in [2.75, 3.05) is 7.11 Å². The summed E-state index contributed by atoms with van der Waals surface area (Å²) >= 11 is 0. The van der Waals surface area contributed by atoms with Crippen LogP contribution in [0.5, 0.6) is 0 Å². The second-order valence-electron chi connectivity index (χ2n) is 4.00. The molecule has 1 atom stereocenters. The van der Waals surface area contributed by atoms with Crippen LogP contribution in [0.15, 0.2) is 18.2 Å². The maximum atomic E-state index is 4.84. The van der Waals surface area contributed by atoms with Crippen LogP contribution in [0.3, 0.4) is 0 Å². The van der Waals surface area contributed by atoms with Crippen molar-refractivity contribution >= 4 is 0 Å². The lowest BCUT2D eigenvalue weighted by Crippen LogP contribution is -2.10.